The fourth-order valence-electron chi connectivity index (χ4n) is 4.69. The van der Waals surface area contributed by atoms with E-state index in [9.17, 15) is 9.59 Å². The van der Waals surface area contributed by atoms with Crippen molar-refractivity contribution in [3.05, 3.63) is 29.8 Å². The lowest BCUT2D eigenvalue weighted by Crippen LogP contribution is -2.52. The predicted octanol–water partition coefficient (Wildman–Crippen LogP) is 2.99. The summed E-state index contributed by atoms with van der Waals surface area (Å²) in [5.41, 5.74) is 0.921. The molecule has 1 atom stereocenters. The van der Waals surface area contributed by atoms with Crippen LogP contribution in [0, 0.1) is 5.92 Å². The van der Waals surface area contributed by atoms with Crippen LogP contribution in [-0.2, 0) is 9.59 Å². The van der Waals surface area contributed by atoms with Gasteiger partial charge in [-0.05, 0) is 43.7 Å². The van der Waals surface area contributed by atoms with Gasteiger partial charge in [-0.25, -0.2) is 0 Å². The summed E-state index contributed by atoms with van der Waals surface area (Å²) in [5.74, 6) is 1.90. The standard InChI is InChI=1S/C22H28N2O3/c25-20(23-17-7-8-17)13-16-14-22(27-19-4-2-1-3-18(16)19)9-11-24(12-10-22)21(26)15-5-6-15/h1-4,15-17H,5-14H2,(H,23,25). The number of carbonyl (C=O) groups excluding carboxylic acids is 2. The number of para-hydroxylation sites is 1. The monoisotopic (exact) mass is 368 g/mol. The Bertz CT molecular complexity index is 746. The molecule has 4 aliphatic rings. The normalized spacial score (nSPS) is 26.2. The molecular weight excluding hydrogens is 340 g/mol. The summed E-state index contributed by atoms with van der Waals surface area (Å²) in [6.07, 6.45) is 7.47. The van der Waals surface area contributed by atoms with Crippen molar-refractivity contribution in [1.82, 2.24) is 10.2 Å². The van der Waals surface area contributed by atoms with E-state index >= 15 is 0 Å². The summed E-state index contributed by atoms with van der Waals surface area (Å²) >= 11 is 0. The topological polar surface area (TPSA) is 58.6 Å². The number of nitrogens with zero attached hydrogens (tertiary/aromatic N) is 1. The molecule has 1 N–H and O–H groups in total. The average molecular weight is 368 g/mol. The molecule has 0 radical (unpaired) electrons. The number of fused-ring (bicyclic) bond motifs is 1. The summed E-state index contributed by atoms with van der Waals surface area (Å²) < 4.78 is 6.50. The number of likely N-dealkylation sites (tertiary alicyclic amines) is 1. The average Bonchev–Trinajstić information content (AvgIpc) is 3.56. The molecule has 144 valence electrons. The second-order valence-electron chi connectivity index (χ2n) is 8.87. The van der Waals surface area contributed by atoms with Crippen LogP contribution in [0.15, 0.2) is 24.3 Å². The summed E-state index contributed by atoms with van der Waals surface area (Å²) in [6, 6.07) is 8.57. The maximum Gasteiger partial charge on any atom is 0.225 e. The van der Waals surface area contributed by atoms with Crippen LogP contribution in [0.4, 0.5) is 0 Å². The van der Waals surface area contributed by atoms with Crippen molar-refractivity contribution in [1.29, 1.82) is 0 Å². The SMILES string of the molecule is O=C(CC1CC2(CCN(C(=O)C3CC3)CC2)Oc2ccccc21)NC1CC1. The van der Waals surface area contributed by atoms with E-state index in [0.29, 0.717) is 18.4 Å². The number of hydrogen-bond acceptors (Lipinski definition) is 3. The maximum atomic E-state index is 12.5. The van der Waals surface area contributed by atoms with E-state index in [0.717, 1.165) is 69.3 Å². The van der Waals surface area contributed by atoms with Crippen molar-refractivity contribution in [2.24, 2.45) is 5.92 Å². The predicted molar refractivity (Wildman–Crippen MR) is 101 cm³/mol. The minimum atomic E-state index is -0.237. The first-order chi connectivity index (χ1) is 13.1. The van der Waals surface area contributed by atoms with Crippen LogP contribution in [0.2, 0.25) is 0 Å². The molecule has 0 bridgehead atoms. The number of amides is 2. The molecule has 2 saturated carbocycles. The van der Waals surface area contributed by atoms with Gasteiger partial charge in [0.1, 0.15) is 11.4 Å². The lowest BCUT2D eigenvalue weighted by atomic mass is 9.76. The van der Waals surface area contributed by atoms with Gasteiger partial charge >= 0.3 is 0 Å². The van der Waals surface area contributed by atoms with E-state index in [1.807, 2.05) is 23.1 Å². The third-order valence-electron chi connectivity index (χ3n) is 6.59. The molecule has 1 aromatic rings. The number of ether oxygens (including phenoxy) is 1. The zero-order valence-electron chi connectivity index (χ0n) is 15.8. The molecule has 1 aromatic carbocycles. The van der Waals surface area contributed by atoms with Crippen LogP contribution in [0.3, 0.4) is 0 Å². The Kier molecular flexibility index (Phi) is 4.14. The van der Waals surface area contributed by atoms with Gasteiger partial charge in [0.25, 0.3) is 0 Å². The third-order valence-corrected chi connectivity index (χ3v) is 6.59. The van der Waals surface area contributed by atoms with E-state index in [1.54, 1.807) is 0 Å². The first-order valence-corrected chi connectivity index (χ1v) is 10.5. The second-order valence-corrected chi connectivity index (χ2v) is 8.87. The number of carbonyl (C=O) groups is 2. The molecule has 2 aliphatic carbocycles. The van der Waals surface area contributed by atoms with Gasteiger partial charge in [-0.3, -0.25) is 9.59 Å². The Labute approximate surface area is 160 Å². The van der Waals surface area contributed by atoms with Gasteiger partial charge in [-0.1, -0.05) is 18.2 Å². The second kappa shape index (κ2) is 6.54. The molecule has 0 aromatic heterocycles. The Morgan fingerprint density at radius 3 is 2.56 bits per heavy atom. The lowest BCUT2D eigenvalue weighted by Gasteiger charge is -2.47. The minimum absolute atomic E-state index is 0.163. The molecule has 2 heterocycles. The van der Waals surface area contributed by atoms with Gasteiger partial charge < -0.3 is 15.0 Å². The van der Waals surface area contributed by atoms with Crippen LogP contribution in [0.25, 0.3) is 0 Å². The van der Waals surface area contributed by atoms with Crippen LogP contribution < -0.4 is 10.1 Å². The molecule has 27 heavy (non-hydrogen) atoms. The number of nitrogens with one attached hydrogen (secondary N) is 1. The Hall–Kier alpha value is -2.04. The molecule has 1 spiro atoms. The van der Waals surface area contributed by atoms with E-state index < -0.39 is 0 Å². The minimum Gasteiger partial charge on any atom is -0.487 e. The van der Waals surface area contributed by atoms with E-state index in [2.05, 4.69) is 11.4 Å². The first-order valence-electron chi connectivity index (χ1n) is 10.5. The van der Waals surface area contributed by atoms with Crippen LogP contribution in [0.5, 0.6) is 5.75 Å². The highest BCUT2D eigenvalue weighted by molar-refractivity contribution is 5.81. The van der Waals surface area contributed by atoms with Crippen molar-refractivity contribution in [3.63, 3.8) is 0 Å². The summed E-state index contributed by atoms with van der Waals surface area (Å²) in [6.45, 7) is 1.55. The largest absolute Gasteiger partial charge is 0.487 e. The van der Waals surface area contributed by atoms with Crippen LogP contribution in [-0.4, -0.2) is 41.4 Å². The lowest BCUT2D eigenvalue weighted by molar-refractivity contribution is -0.136. The van der Waals surface area contributed by atoms with Gasteiger partial charge in [0.05, 0.1) is 0 Å². The van der Waals surface area contributed by atoms with E-state index in [4.69, 9.17) is 4.74 Å². The zero-order chi connectivity index (χ0) is 18.4. The molecule has 5 nitrogen and oxygen atoms in total. The van der Waals surface area contributed by atoms with Crippen LogP contribution >= 0.6 is 0 Å². The van der Waals surface area contributed by atoms with Crippen LogP contribution in [0.1, 0.15) is 62.8 Å². The first kappa shape index (κ1) is 17.1. The quantitative estimate of drug-likeness (QED) is 0.889. The highest BCUT2D eigenvalue weighted by Gasteiger charge is 2.45. The highest BCUT2D eigenvalue weighted by atomic mass is 16.5. The highest BCUT2D eigenvalue weighted by Crippen LogP contribution is 2.47. The Balaban J connectivity index is 1.31. The van der Waals surface area contributed by atoms with Gasteiger partial charge in [0.15, 0.2) is 0 Å². The Morgan fingerprint density at radius 2 is 1.85 bits per heavy atom. The van der Waals surface area contributed by atoms with Gasteiger partial charge in [0, 0.05) is 50.2 Å². The van der Waals surface area contributed by atoms with E-state index in [1.165, 1.54) is 0 Å². The van der Waals surface area contributed by atoms with Crippen molar-refractivity contribution in [2.75, 3.05) is 13.1 Å². The summed E-state index contributed by atoms with van der Waals surface area (Å²) in [7, 11) is 0. The van der Waals surface area contributed by atoms with Gasteiger partial charge in [0.2, 0.25) is 11.8 Å². The molecule has 1 unspecified atom stereocenters. The summed E-state index contributed by atoms with van der Waals surface area (Å²) in [5, 5.41) is 3.13. The third kappa shape index (κ3) is 3.56. The van der Waals surface area contributed by atoms with Crippen molar-refractivity contribution in [3.8, 4) is 5.75 Å². The molecule has 1 saturated heterocycles. The molecule has 2 amide bonds. The van der Waals surface area contributed by atoms with Crippen molar-refractivity contribution >= 4 is 11.8 Å². The molecule has 5 rings (SSSR count). The van der Waals surface area contributed by atoms with Crippen molar-refractivity contribution < 1.29 is 14.3 Å². The number of hydrogen-bond donors (Lipinski definition) is 1. The Morgan fingerprint density at radius 1 is 1.11 bits per heavy atom. The van der Waals surface area contributed by atoms with Gasteiger partial charge in [-0.2, -0.15) is 0 Å². The smallest absolute Gasteiger partial charge is 0.225 e. The summed E-state index contributed by atoms with van der Waals surface area (Å²) in [4.78, 5) is 26.9. The number of benzene rings is 1. The molecule has 5 heteroatoms. The maximum absolute atomic E-state index is 12.5. The molecule has 2 aliphatic heterocycles. The van der Waals surface area contributed by atoms with Crippen molar-refractivity contribution in [2.45, 2.75) is 68.9 Å². The van der Waals surface area contributed by atoms with E-state index in [-0.39, 0.29) is 23.3 Å². The fraction of sp³-hybridized carbons (Fsp3) is 0.636. The number of piperidine rings is 1. The van der Waals surface area contributed by atoms with Gasteiger partial charge in [-0.15, -0.1) is 0 Å². The molecule has 3 fully saturated rings. The molecular formula is C22H28N2O3. The fourth-order valence-corrected chi connectivity index (χ4v) is 4.69. The zero-order valence-corrected chi connectivity index (χ0v) is 15.8. The number of rotatable bonds is 4.